The Hall–Kier alpha value is -2.24. The maximum absolute atomic E-state index is 12.5. The Morgan fingerprint density at radius 2 is 1.70 bits per heavy atom. The average molecular weight is 371 g/mol. The second-order valence-corrected chi connectivity index (χ2v) is 7.89. The van der Waals surface area contributed by atoms with E-state index in [2.05, 4.69) is 5.32 Å². The topological polar surface area (TPSA) is 61.9 Å². The van der Waals surface area contributed by atoms with Gasteiger partial charge in [0.15, 0.2) is 0 Å². The first kappa shape index (κ1) is 18.1. The molecular formula is C21H29N3O3. The molecule has 0 radical (unpaired) electrons. The minimum atomic E-state index is 0.0793. The highest BCUT2D eigenvalue weighted by atomic mass is 16.5. The van der Waals surface area contributed by atoms with Gasteiger partial charge in [-0.3, -0.25) is 9.59 Å². The predicted molar refractivity (Wildman–Crippen MR) is 104 cm³/mol. The van der Waals surface area contributed by atoms with Gasteiger partial charge < -0.3 is 19.9 Å². The van der Waals surface area contributed by atoms with E-state index in [1.54, 1.807) is 0 Å². The number of hydrogen-bond acceptors (Lipinski definition) is 4. The maximum Gasteiger partial charge on any atom is 0.241 e. The summed E-state index contributed by atoms with van der Waals surface area (Å²) in [4.78, 5) is 28.4. The Kier molecular flexibility index (Phi) is 5.50. The van der Waals surface area contributed by atoms with Gasteiger partial charge in [0.2, 0.25) is 11.8 Å². The van der Waals surface area contributed by atoms with Gasteiger partial charge in [-0.05, 0) is 50.7 Å². The number of nitrogens with one attached hydrogen (secondary N) is 1. The smallest absolute Gasteiger partial charge is 0.241 e. The van der Waals surface area contributed by atoms with Crippen LogP contribution in [0.2, 0.25) is 0 Å². The number of hydrogen-bond donors (Lipinski definition) is 1. The Labute approximate surface area is 160 Å². The molecule has 4 rings (SSSR count). The molecule has 1 N–H and O–H groups in total. The number of benzene rings is 1. The van der Waals surface area contributed by atoms with Crippen LogP contribution in [-0.2, 0) is 9.59 Å². The van der Waals surface area contributed by atoms with Gasteiger partial charge in [0.25, 0.3) is 0 Å². The molecule has 0 aromatic heterocycles. The van der Waals surface area contributed by atoms with Gasteiger partial charge in [-0.1, -0.05) is 6.07 Å². The van der Waals surface area contributed by atoms with Crippen molar-refractivity contribution in [2.24, 2.45) is 5.92 Å². The third-order valence-corrected chi connectivity index (χ3v) is 5.75. The number of amides is 2. The third kappa shape index (κ3) is 4.73. The van der Waals surface area contributed by atoms with Crippen molar-refractivity contribution in [3.05, 3.63) is 24.3 Å². The summed E-state index contributed by atoms with van der Waals surface area (Å²) in [7, 11) is 0. The molecule has 2 amide bonds. The number of piperazine rings is 1. The fraction of sp³-hybridized carbons (Fsp3) is 0.619. The van der Waals surface area contributed by atoms with Crippen LogP contribution in [0.15, 0.2) is 24.3 Å². The summed E-state index contributed by atoms with van der Waals surface area (Å²) in [6, 6.07) is 7.86. The molecule has 146 valence electrons. The summed E-state index contributed by atoms with van der Waals surface area (Å²) in [6.07, 6.45) is 7.15. The SMILES string of the molecule is O=C(CNc1cccc(OC2CCCC2)c1)N1CCN(C(=O)C2CC2)CC1. The molecule has 3 aliphatic rings. The van der Waals surface area contributed by atoms with Crippen LogP contribution in [0.25, 0.3) is 0 Å². The van der Waals surface area contributed by atoms with E-state index < -0.39 is 0 Å². The first-order valence-electron chi connectivity index (χ1n) is 10.3. The summed E-state index contributed by atoms with van der Waals surface area (Å²) in [5.74, 6) is 1.48. The fourth-order valence-electron chi connectivity index (χ4n) is 3.93. The molecule has 1 aliphatic heterocycles. The monoisotopic (exact) mass is 371 g/mol. The van der Waals surface area contributed by atoms with E-state index in [0.717, 1.165) is 37.1 Å². The van der Waals surface area contributed by atoms with Crippen molar-refractivity contribution in [1.29, 1.82) is 0 Å². The summed E-state index contributed by atoms with van der Waals surface area (Å²) in [5, 5.41) is 3.22. The van der Waals surface area contributed by atoms with Crippen LogP contribution in [0.3, 0.4) is 0 Å². The number of anilines is 1. The van der Waals surface area contributed by atoms with Crippen LogP contribution in [0.1, 0.15) is 38.5 Å². The molecule has 0 unspecified atom stereocenters. The van der Waals surface area contributed by atoms with E-state index in [1.807, 2.05) is 34.1 Å². The maximum atomic E-state index is 12.5. The predicted octanol–water partition coefficient (Wildman–Crippen LogP) is 2.50. The van der Waals surface area contributed by atoms with Gasteiger partial charge in [-0.15, -0.1) is 0 Å². The van der Waals surface area contributed by atoms with Crippen LogP contribution >= 0.6 is 0 Å². The summed E-state index contributed by atoms with van der Waals surface area (Å²) >= 11 is 0. The molecule has 0 spiro atoms. The second kappa shape index (κ2) is 8.19. The van der Waals surface area contributed by atoms with Crippen molar-refractivity contribution in [2.45, 2.75) is 44.6 Å². The Morgan fingerprint density at radius 3 is 2.41 bits per heavy atom. The molecule has 3 fully saturated rings. The lowest BCUT2D eigenvalue weighted by Gasteiger charge is -2.35. The highest BCUT2D eigenvalue weighted by molar-refractivity contribution is 5.83. The highest BCUT2D eigenvalue weighted by Crippen LogP contribution is 2.31. The zero-order valence-corrected chi connectivity index (χ0v) is 15.9. The second-order valence-electron chi connectivity index (χ2n) is 7.89. The minimum Gasteiger partial charge on any atom is -0.490 e. The molecule has 0 bridgehead atoms. The number of carbonyl (C=O) groups is 2. The zero-order valence-electron chi connectivity index (χ0n) is 15.9. The average Bonchev–Trinajstić information content (AvgIpc) is 3.43. The molecule has 6 heteroatoms. The van der Waals surface area contributed by atoms with E-state index in [-0.39, 0.29) is 24.3 Å². The van der Waals surface area contributed by atoms with Gasteiger partial charge in [0, 0.05) is 43.9 Å². The van der Waals surface area contributed by atoms with Gasteiger partial charge in [-0.25, -0.2) is 0 Å². The largest absolute Gasteiger partial charge is 0.490 e. The molecule has 27 heavy (non-hydrogen) atoms. The summed E-state index contributed by atoms with van der Waals surface area (Å²) in [5.41, 5.74) is 0.904. The van der Waals surface area contributed by atoms with E-state index in [9.17, 15) is 9.59 Å². The molecule has 2 aliphatic carbocycles. The Bertz CT molecular complexity index is 675. The minimum absolute atomic E-state index is 0.0793. The Morgan fingerprint density at radius 1 is 1.00 bits per heavy atom. The Balaban J connectivity index is 1.22. The standard InChI is InChI=1S/C21H29N3O3/c25-20(23-10-12-24(13-11-23)21(26)16-8-9-16)15-22-17-4-3-7-19(14-17)27-18-5-1-2-6-18/h3-4,7,14,16,18,22H,1-2,5-6,8-13,15H2. The van der Waals surface area contributed by atoms with E-state index >= 15 is 0 Å². The molecule has 1 heterocycles. The van der Waals surface area contributed by atoms with E-state index in [0.29, 0.717) is 32.3 Å². The van der Waals surface area contributed by atoms with Gasteiger partial charge in [-0.2, -0.15) is 0 Å². The van der Waals surface area contributed by atoms with Crippen LogP contribution in [0.5, 0.6) is 5.75 Å². The van der Waals surface area contributed by atoms with Crippen molar-refractivity contribution in [1.82, 2.24) is 9.80 Å². The molecule has 6 nitrogen and oxygen atoms in total. The molecule has 0 atom stereocenters. The molecule has 1 aromatic carbocycles. The van der Waals surface area contributed by atoms with Crippen molar-refractivity contribution in [3.63, 3.8) is 0 Å². The van der Waals surface area contributed by atoms with E-state index in [1.165, 1.54) is 12.8 Å². The lowest BCUT2D eigenvalue weighted by atomic mass is 10.2. The number of nitrogens with zero attached hydrogens (tertiary/aromatic N) is 2. The lowest BCUT2D eigenvalue weighted by molar-refractivity contribution is -0.139. The molecule has 1 saturated heterocycles. The quantitative estimate of drug-likeness (QED) is 0.835. The van der Waals surface area contributed by atoms with Gasteiger partial charge in [0.1, 0.15) is 5.75 Å². The summed E-state index contributed by atoms with van der Waals surface area (Å²) in [6.45, 7) is 2.84. The molecule has 2 saturated carbocycles. The van der Waals surface area contributed by atoms with Gasteiger partial charge in [0.05, 0.1) is 12.6 Å². The first-order valence-corrected chi connectivity index (χ1v) is 10.3. The zero-order chi connectivity index (χ0) is 18.6. The van der Waals surface area contributed by atoms with Crippen LogP contribution in [0.4, 0.5) is 5.69 Å². The van der Waals surface area contributed by atoms with Crippen molar-refractivity contribution < 1.29 is 14.3 Å². The number of ether oxygens (including phenoxy) is 1. The summed E-state index contributed by atoms with van der Waals surface area (Å²) < 4.78 is 6.02. The molecule has 1 aromatic rings. The van der Waals surface area contributed by atoms with Gasteiger partial charge >= 0.3 is 0 Å². The third-order valence-electron chi connectivity index (χ3n) is 5.75. The fourth-order valence-corrected chi connectivity index (χ4v) is 3.93. The number of rotatable bonds is 6. The van der Waals surface area contributed by atoms with Crippen molar-refractivity contribution in [3.8, 4) is 5.75 Å². The first-order chi connectivity index (χ1) is 13.2. The molecular weight excluding hydrogens is 342 g/mol. The normalized spacial score (nSPS) is 20.6. The highest BCUT2D eigenvalue weighted by Gasteiger charge is 2.35. The van der Waals surface area contributed by atoms with Crippen LogP contribution in [0, 0.1) is 5.92 Å². The van der Waals surface area contributed by atoms with Crippen LogP contribution in [-0.4, -0.2) is 60.4 Å². The lowest BCUT2D eigenvalue weighted by Crippen LogP contribution is -2.52. The van der Waals surface area contributed by atoms with E-state index in [4.69, 9.17) is 4.74 Å². The van der Waals surface area contributed by atoms with Crippen LogP contribution < -0.4 is 10.1 Å². The van der Waals surface area contributed by atoms with Crippen molar-refractivity contribution in [2.75, 3.05) is 38.0 Å². The van der Waals surface area contributed by atoms with Crippen molar-refractivity contribution >= 4 is 17.5 Å². The number of carbonyl (C=O) groups excluding carboxylic acids is 2.